The van der Waals surface area contributed by atoms with Gasteiger partial charge in [-0.05, 0) is 37.3 Å². The molecule has 0 radical (unpaired) electrons. The van der Waals surface area contributed by atoms with E-state index in [1.54, 1.807) is 32.9 Å². The fraction of sp³-hybridized carbons (Fsp3) is 0.579. The molecule has 10 heteroatoms. The number of pyridine rings is 1. The van der Waals surface area contributed by atoms with E-state index in [2.05, 4.69) is 10.3 Å². The number of nitrogens with zero attached hydrogens (tertiary/aromatic N) is 2. The number of nitrogens with two attached hydrogens (primary N) is 1. The molecule has 0 saturated carbocycles. The van der Waals surface area contributed by atoms with Crippen molar-refractivity contribution in [3.05, 3.63) is 24.4 Å². The molecule has 29 heavy (non-hydrogen) atoms. The Balaban J connectivity index is 2.10. The SMILES string of the molecule is C[C@@H]1CC[C@H](NC(=O)CC(C)(C)CC(N)=O)C(=O)CN1S(=O)(=O)c1ccccn1. The van der Waals surface area contributed by atoms with Crippen LogP contribution in [0.15, 0.2) is 29.4 Å². The normalized spacial score (nSPS) is 21.4. The van der Waals surface area contributed by atoms with Crippen molar-refractivity contribution in [3.63, 3.8) is 0 Å². The zero-order chi connectivity index (χ0) is 21.8. The van der Waals surface area contributed by atoms with Gasteiger partial charge in [-0.3, -0.25) is 14.4 Å². The molecular weight excluding hydrogens is 396 g/mol. The number of Topliss-reactive ketones (excluding diaryl/α,β-unsaturated/α-hetero) is 1. The van der Waals surface area contributed by atoms with E-state index in [0.717, 1.165) is 4.31 Å². The Labute approximate surface area is 171 Å². The van der Waals surface area contributed by atoms with Crippen molar-refractivity contribution >= 4 is 27.6 Å². The summed E-state index contributed by atoms with van der Waals surface area (Å²) in [5, 5.41) is 2.58. The van der Waals surface area contributed by atoms with E-state index in [0.29, 0.717) is 12.8 Å². The van der Waals surface area contributed by atoms with E-state index in [4.69, 9.17) is 5.73 Å². The highest BCUT2D eigenvalue weighted by Crippen LogP contribution is 2.26. The van der Waals surface area contributed by atoms with Gasteiger partial charge in [0, 0.05) is 25.1 Å². The quantitative estimate of drug-likeness (QED) is 0.657. The van der Waals surface area contributed by atoms with Gasteiger partial charge in [-0.25, -0.2) is 13.4 Å². The van der Waals surface area contributed by atoms with E-state index in [9.17, 15) is 22.8 Å². The summed E-state index contributed by atoms with van der Waals surface area (Å²) in [5.74, 6) is -1.25. The average Bonchev–Trinajstić information content (AvgIpc) is 2.74. The van der Waals surface area contributed by atoms with Crippen LogP contribution in [0.2, 0.25) is 0 Å². The van der Waals surface area contributed by atoms with Gasteiger partial charge in [0.25, 0.3) is 10.0 Å². The van der Waals surface area contributed by atoms with E-state index in [1.807, 2.05) is 0 Å². The predicted molar refractivity (Wildman–Crippen MR) is 106 cm³/mol. The number of hydrogen-bond donors (Lipinski definition) is 2. The number of aromatic nitrogens is 1. The third-order valence-electron chi connectivity index (χ3n) is 4.90. The van der Waals surface area contributed by atoms with E-state index < -0.39 is 33.4 Å². The number of hydrogen-bond acceptors (Lipinski definition) is 6. The summed E-state index contributed by atoms with van der Waals surface area (Å²) in [5.41, 5.74) is 4.57. The smallest absolute Gasteiger partial charge is 0.261 e. The van der Waals surface area contributed by atoms with Gasteiger partial charge in [0.05, 0.1) is 12.6 Å². The van der Waals surface area contributed by atoms with Crippen LogP contribution in [0.5, 0.6) is 0 Å². The van der Waals surface area contributed by atoms with Gasteiger partial charge in [0.15, 0.2) is 10.8 Å². The van der Waals surface area contributed by atoms with Crippen LogP contribution < -0.4 is 11.1 Å². The molecule has 0 bridgehead atoms. The second-order valence-corrected chi connectivity index (χ2v) is 10.1. The Morgan fingerprint density at radius 1 is 1.28 bits per heavy atom. The van der Waals surface area contributed by atoms with Gasteiger partial charge in [-0.15, -0.1) is 0 Å². The number of carbonyl (C=O) groups excluding carboxylic acids is 3. The molecule has 1 saturated heterocycles. The highest BCUT2D eigenvalue weighted by Gasteiger charge is 2.37. The Morgan fingerprint density at radius 2 is 1.97 bits per heavy atom. The molecule has 0 aliphatic carbocycles. The molecule has 160 valence electrons. The summed E-state index contributed by atoms with van der Waals surface area (Å²) < 4.78 is 26.9. The van der Waals surface area contributed by atoms with Crippen LogP contribution in [0, 0.1) is 5.41 Å². The molecule has 0 aromatic carbocycles. The zero-order valence-electron chi connectivity index (χ0n) is 16.9. The Bertz CT molecular complexity index is 870. The third kappa shape index (κ3) is 6.07. The third-order valence-corrected chi connectivity index (χ3v) is 6.78. The van der Waals surface area contributed by atoms with Crippen molar-refractivity contribution in [1.29, 1.82) is 0 Å². The lowest BCUT2D eigenvalue weighted by atomic mass is 9.85. The second-order valence-electron chi connectivity index (χ2n) is 8.22. The Kier molecular flexibility index (Phi) is 7.12. The van der Waals surface area contributed by atoms with E-state index in [-0.39, 0.29) is 36.1 Å². The molecule has 2 rings (SSSR count). The number of rotatable bonds is 7. The number of nitrogens with one attached hydrogen (secondary N) is 1. The Morgan fingerprint density at radius 3 is 2.55 bits per heavy atom. The second kappa shape index (κ2) is 9.00. The van der Waals surface area contributed by atoms with Crippen LogP contribution in [0.25, 0.3) is 0 Å². The molecule has 1 aromatic rings. The van der Waals surface area contributed by atoms with Gasteiger partial charge in [-0.2, -0.15) is 4.31 Å². The van der Waals surface area contributed by atoms with Crippen LogP contribution in [-0.2, 0) is 24.4 Å². The predicted octanol–water partition coefficient (Wildman–Crippen LogP) is 0.600. The lowest BCUT2D eigenvalue weighted by Crippen LogP contribution is -2.46. The van der Waals surface area contributed by atoms with Crippen molar-refractivity contribution in [2.75, 3.05) is 6.54 Å². The summed E-state index contributed by atoms with van der Waals surface area (Å²) in [4.78, 5) is 40.1. The van der Waals surface area contributed by atoms with Gasteiger partial charge in [-0.1, -0.05) is 19.9 Å². The number of primary amides is 1. The maximum absolute atomic E-state index is 12.9. The van der Waals surface area contributed by atoms with Gasteiger partial charge < -0.3 is 11.1 Å². The van der Waals surface area contributed by atoms with Crippen LogP contribution in [0.4, 0.5) is 0 Å². The molecular formula is C19H28N4O5S. The number of ketones is 1. The van der Waals surface area contributed by atoms with Crippen molar-refractivity contribution < 1.29 is 22.8 Å². The summed E-state index contributed by atoms with van der Waals surface area (Å²) >= 11 is 0. The van der Waals surface area contributed by atoms with Gasteiger partial charge in [0.1, 0.15) is 0 Å². The standard InChI is InChI=1S/C19H28N4O5S/c1-13-7-8-14(22-17(26)11-19(2,3)10-16(20)25)15(24)12-23(13)29(27,28)18-6-4-5-9-21-18/h4-6,9,13-14H,7-8,10-12H2,1-3H3,(H2,20,25)(H,22,26)/t13-,14+/m1/s1. The zero-order valence-corrected chi connectivity index (χ0v) is 17.7. The number of sulfonamides is 1. The summed E-state index contributed by atoms with van der Waals surface area (Å²) in [6, 6.07) is 3.37. The maximum Gasteiger partial charge on any atom is 0.261 e. The summed E-state index contributed by atoms with van der Waals surface area (Å²) in [6.07, 6.45) is 2.20. The first kappa shape index (κ1) is 23.0. The molecule has 2 heterocycles. The maximum atomic E-state index is 12.9. The molecule has 3 N–H and O–H groups in total. The van der Waals surface area contributed by atoms with Gasteiger partial charge in [0.2, 0.25) is 11.8 Å². The van der Waals surface area contributed by atoms with E-state index >= 15 is 0 Å². The number of amides is 2. The molecule has 2 amide bonds. The first-order chi connectivity index (χ1) is 13.4. The largest absolute Gasteiger partial charge is 0.370 e. The molecule has 0 unspecified atom stereocenters. The van der Waals surface area contributed by atoms with Crippen molar-refractivity contribution in [2.24, 2.45) is 11.1 Å². The fourth-order valence-electron chi connectivity index (χ4n) is 3.44. The van der Waals surface area contributed by atoms with Crippen LogP contribution in [0.3, 0.4) is 0 Å². The van der Waals surface area contributed by atoms with Crippen molar-refractivity contribution in [2.45, 2.75) is 63.6 Å². The molecule has 2 atom stereocenters. The topological polar surface area (TPSA) is 140 Å². The Hall–Kier alpha value is -2.33. The minimum absolute atomic E-state index is 0.0330. The molecule has 0 spiro atoms. The lowest BCUT2D eigenvalue weighted by molar-refractivity contribution is -0.129. The first-order valence-electron chi connectivity index (χ1n) is 9.45. The average molecular weight is 425 g/mol. The molecule has 1 aliphatic rings. The van der Waals surface area contributed by atoms with Crippen molar-refractivity contribution in [1.82, 2.24) is 14.6 Å². The summed E-state index contributed by atoms with van der Waals surface area (Å²) in [6.45, 7) is 4.88. The highest BCUT2D eigenvalue weighted by molar-refractivity contribution is 7.89. The van der Waals surface area contributed by atoms with E-state index in [1.165, 1.54) is 12.3 Å². The molecule has 1 aliphatic heterocycles. The highest BCUT2D eigenvalue weighted by atomic mass is 32.2. The van der Waals surface area contributed by atoms with Crippen LogP contribution >= 0.6 is 0 Å². The molecule has 1 aromatic heterocycles. The van der Waals surface area contributed by atoms with Crippen LogP contribution in [0.1, 0.15) is 46.5 Å². The monoisotopic (exact) mass is 424 g/mol. The fourth-order valence-corrected chi connectivity index (χ4v) is 5.00. The molecule has 9 nitrogen and oxygen atoms in total. The minimum atomic E-state index is -3.92. The minimum Gasteiger partial charge on any atom is -0.370 e. The summed E-state index contributed by atoms with van der Waals surface area (Å²) in [7, 11) is -3.92. The van der Waals surface area contributed by atoms with Crippen LogP contribution in [-0.4, -0.2) is 53.9 Å². The number of carbonyl (C=O) groups is 3. The lowest BCUT2D eigenvalue weighted by Gasteiger charge is -2.25. The molecule has 1 fully saturated rings. The van der Waals surface area contributed by atoms with Crippen molar-refractivity contribution in [3.8, 4) is 0 Å². The first-order valence-corrected chi connectivity index (χ1v) is 10.9. The van der Waals surface area contributed by atoms with Gasteiger partial charge >= 0.3 is 0 Å².